The highest BCUT2D eigenvalue weighted by Crippen LogP contribution is 2.38. The lowest BCUT2D eigenvalue weighted by Gasteiger charge is -2.50. The third-order valence-electron chi connectivity index (χ3n) is 14.1. The van der Waals surface area contributed by atoms with Crippen LogP contribution in [0.4, 0.5) is 0 Å². The number of rotatable bonds is 6. The molecule has 0 aromatic rings. The Kier molecular flexibility index (Phi) is 19.6. The molecule has 0 amide bonds. The van der Waals surface area contributed by atoms with Gasteiger partial charge < -0.3 is 168 Å². The van der Waals surface area contributed by atoms with Crippen molar-refractivity contribution in [2.24, 2.45) is 0 Å². The zero-order chi connectivity index (χ0) is 54.5. The molecule has 0 aromatic carbocycles. The molecule has 434 valence electrons. The lowest BCUT2D eigenvalue weighted by Crippen LogP contribution is -2.68. The monoisotopic (exact) mass is 1100 g/mol. The summed E-state index contributed by atoms with van der Waals surface area (Å²) in [5.41, 5.74) is 0. The van der Waals surface area contributed by atoms with E-state index in [1.54, 1.807) is 0 Å². The minimum Gasteiger partial charge on any atom is -0.466 e. The summed E-state index contributed by atoms with van der Waals surface area (Å²) in [6, 6.07) is 0. The maximum Gasteiger partial charge on any atom is 0.229 e. The number of hydrogen-bond acceptors (Lipinski definition) is 34. The van der Waals surface area contributed by atoms with Crippen LogP contribution in [0, 0.1) is 0 Å². The Bertz CT molecular complexity index is 1830. The number of hydrogen-bond donors (Lipinski definition) is 20. The molecular formula is C41H66O34. The van der Waals surface area contributed by atoms with Crippen molar-refractivity contribution in [1.82, 2.24) is 0 Å². The van der Waals surface area contributed by atoms with E-state index in [4.69, 9.17) is 66.3 Å². The van der Waals surface area contributed by atoms with Gasteiger partial charge in [0.1, 0.15) is 165 Å². The quantitative estimate of drug-likeness (QED) is 0.117. The minimum atomic E-state index is -2.20. The molecular weight excluding hydrogens is 1040 g/mol. The van der Waals surface area contributed by atoms with Crippen LogP contribution in [0.2, 0.25) is 0 Å². The van der Waals surface area contributed by atoms with Crippen LogP contribution in [0.3, 0.4) is 0 Å². The van der Waals surface area contributed by atoms with Crippen molar-refractivity contribution in [2.45, 2.75) is 203 Å². The molecule has 75 heavy (non-hydrogen) atoms. The van der Waals surface area contributed by atoms with Crippen LogP contribution in [-0.2, 0) is 66.3 Å². The molecule has 34 heteroatoms. The average molecular weight is 1100 g/mol. The molecule has 20 N–H and O–H groups in total. The third kappa shape index (κ3) is 11.5. The molecule has 0 spiro atoms. The number of aliphatic hydroxyl groups excluding tert-OH is 20. The highest BCUT2D eigenvalue weighted by molar-refractivity contribution is 5.07. The molecule has 33 atom stereocenters. The van der Waals surface area contributed by atoms with Crippen LogP contribution in [0.5, 0.6) is 0 Å². The zero-order valence-corrected chi connectivity index (χ0v) is 39.0. The van der Waals surface area contributed by atoms with Crippen molar-refractivity contribution >= 4 is 0 Å². The molecule has 0 aromatic heterocycles. The Labute approximate surface area is 422 Å². The summed E-state index contributed by atoms with van der Waals surface area (Å²) in [4.78, 5) is 0. The van der Waals surface area contributed by atoms with E-state index in [1.807, 2.05) is 0 Å². The van der Waals surface area contributed by atoms with Crippen LogP contribution < -0.4 is 0 Å². The second-order valence-corrected chi connectivity index (χ2v) is 18.9. The summed E-state index contributed by atoms with van der Waals surface area (Å²) in [5.74, 6) is -0.682. The molecule has 8 saturated heterocycles. The van der Waals surface area contributed by atoms with Gasteiger partial charge in [-0.3, -0.25) is 0 Å². The Morgan fingerprint density at radius 3 is 0.707 bits per heavy atom. The molecule has 14 bridgehead atoms. The van der Waals surface area contributed by atoms with Gasteiger partial charge in [-0.05, 0) is 0 Å². The van der Waals surface area contributed by atoms with Crippen molar-refractivity contribution in [3.8, 4) is 0 Å². The van der Waals surface area contributed by atoms with E-state index in [1.165, 1.54) is 0 Å². The van der Waals surface area contributed by atoms with Gasteiger partial charge in [0.05, 0.1) is 39.6 Å². The van der Waals surface area contributed by atoms with Crippen LogP contribution in [0.25, 0.3) is 0 Å². The second-order valence-electron chi connectivity index (χ2n) is 18.9. The third-order valence-corrected chi connectivity index (χ3v) is 14.1. The van der Waals surface area contributed by atoms with Crippen LogP contribution in [-0.4, -0.2) is 345 Å². The largest absolute Gasteiger partial charge is 0.466 e. The number of ether oxygens (including phenoxy) is 14. The minimum absolute atomic E-state index is 0.656. The summed E-state index contributed by atoms with van der Waals surface area (Å²) in [5, 5.41) is 219. The van der Waals surface area contributed by atoms with Crippen molar-refractivity contribution in [3.05, 3.63) is 12.0 Å². The SMILES string of the molecule is OCC1O[C@H]2O[C@@H]3C(CO)O[C@@H](O[C@@H]4C(CO)O[C@@H](O[C@@H]5C(CO)O[C@@H](O[C@@H]6C(CO)O[C@@H](O[C@@H]7C(CO)O[C@@H](OC8=CO[C@@H](O[C@H]1C(O)C2O)C(O)C8O)C(O)C7O)C(O)C6O)C(O)C5O)C(O)C4O)C(O)C3O. The maximum absolute atomic E-state index is 11.3. The van der Waals surface area contributed by atoms with E-state index in [9.17, 15) is 102 Å². The molecule has 0 saturated carbocycles. The fourth-order valence-electron chi connectivity index (χ4n) is 9.86. The van der Waals surface area contributed by atoms with Gasteiger partial charge in [0, 0.05) is 0 Å². The van der Waals surface area contributed by atoms with Crippen molar-refractivity contribution in [1.29, 1.82) is 0 Å². The highest BCUT2D eigenvalue weighted by atomic mass is 16.8. The maximum atomic E-state index is 11.3. The molecule has 8 fully saturated rings. The van der Waals surface area contributed by atoms with E-state index < -0.39 is 248 Å². The van der Waals surface area contributed by atoms with Crippen LogP contribution in [0.1, 0.15) is 0 Å². The first-order chi connectivity index (χ1) is 35.7. The second kappa shape index (κ2) is 24.8. The standard InChI is InChI=1S/C41H66O34/c42-1-8-29-17(50)24(57)37(64-8)72-31-10(3-44)66-39(26(59)19(31)52)74-33-12(5-46)68-41(28(61)21(33)54)75-34-13(6-47)67-40(27(60)20(34)53)73-32-11(4-45)65-38(25(58)18(32)51)71-30-9(2-43)63-36(23(56)16(30)49)69-14-7-62-35(70-29)22(55)15(14)48/h7-13,15-61H,1-6H2/t8?,9?,10?,11?,12?,13?,15?,16?,17?,18?,19?,20?,21?,22?,23?,24?,25?,26?,27?,28?,29-,30-,31-,32-,33-,34-,35+,36+,37+,38+,39+,40+,41+/m1/s1. The molecule has 21 rings (SSSR count). The normalized spacial score (nSPS) is 54.2. The fourth-order valence-corrected chi connectivity index (χ4v) is 9.86. The van der Waals surface area contributed by atoms with E-state index in [0.29, 0.717) is 6.26 Å². The Balaban J connectivity index is 1.07. The highest BCUT2D eigenvalue weighted by Gasteiger charge is 2.58. The predicted molar refractivity (Wildman–Crippen MR) is 222 cm³/mol. The average Bonchev–Trinajstić information content (AvgIpc) is 3.40. The van der Waals surface area contributed by atoms with Crippen molar-refractivity contribution in [3.63, 3.8) is 0 Å². The summed E-state index contributed by atoms with van der Waals surface area (Å²) in [6.07, 6.45) is -65.0. The van der Waals surface area contributed by atoms with Crippen molar-refractivity contribution in [2.75, 3.05) is 39.6 Å². The molecule has 0 radical (unpaired) electrons. The van der Waals surface area contributed by atoms with Gasteiger partial charge >= 0.3 is 0 Å². The van der Waals surface area contributed by atoms with Crippen LogP contribution in [0.15, 0.2) is 12.0 Å². The lowest BCUT2D eigenvalue weighted by atomic mass is 9.95. The van der Waals surface area contributed by atoms with Gasteiger partial charge in [0.15, 0.2) is 37.2 Å². The van der Waals surface area contributed by atoms with Gasteiger partial charge in [0.2, 0.25) is 12.6 Å². The molecule has 0 aliphatic carbocycles. The predicted octanol–water partition coefficient (Wildman–Crippen LogP) is -14.1. The van der Waals surface area contributed by atoms with E-state index in [-0.39, 0.29) is 0 Å². The van der Waals surface area contributed by atoms with Gasteiger partial charge in [0.25, 0.3) is 0 Å². The summed E-state index contributed by atoms with van der Waals surface area (Å²) >= 11 is 0. The van der Waals surface area contributed by atoms with Gasteiger partial charge in [-0.1, -0.05) is 0 Å². The summed E-state index contributed by atoms with van der Waals surface area (Å²) in [6.45, 7) is -6.16. The molecule has 21 aliphatic rings. The van der Waals surface area contributed by atoms with Gasteiger partial charge in [-0.25, -0.2) is 0 Å². The van der Waals surface area contributed by atoms with E-state index in [2.05, 4.69) is 0 Å². The summed E-state index contributed by atoms with van der Waals surface area (Å²) in [7, 11) is 0. The van der Waals surface area contributed by atoms with Gasteiger partial charge in [-0.15, -0.1) is 0 Å². The molecule has 21 heterocycles. The Morgan fingerprint density at radius 1 is 0.253 bits per heavy atom. The number of aliphatic hydroxyl groups is 20. The topological polar surface area (TPSA) is 534 Å². The summed E-state index contributed by atoms with van der Waals surface area (Å²) < 4.78 is 78.8. The first kappa shape index (κ1) is 59.2. The van der Waals surface area contributed by atoms with Crippen LogP contribution >= 0.6 is 0 Å². The Morgan fingerprint density at radius 2 is 0.467 bits per heavy atom. The molecule has 21 aliphatic heterocycles. The smallest absolute Gasteiger partial charge is 0.229 e. The lowest BCUT2D eigenvalue weighted by molar-refractivity contribution is -0.396. The fraction of sp³-hybridized carbons (Fsp3) is 0.951. The zero-order valence-electron chi connectivity index (χ0n) is 39.0. The Hall–Kier alpha value is -1.94. The molecule has 34 nitrogen and oxygen atoms in total. The van der Waals surface area contributed by atoms with E-state index in [0.717, 1.165) is 0 Å². The van der Waals surface area contributed by atoms with Crippen molar-refractivity contribution < 1.29 is 168 Å². The molecule has 20 unspecified atom stereocenters. The van der Waals surface area contributed by atoms with E-state index >= 15 is 0 Å². The first-order valence-electron chi connectivity index (χ1n) is 23.8. The van der Waals surface area contributed by atoms with Gasteiger partial charge in [-0.2, -0.15) is 0 Å². The first-order valence-corrected chi connectivity index (χ1v) is 23.8.